The number of para-hydroxylation sites is 2. The molecule has 1 aromatic heterocycles. The lowest BCUT2D eigenvalue weighted by atomic mass is 10.1. The second-order valence-corrected chi connectivity index (χ2v) is 7.86. The second kappa shape index (κ2) is 10.2. The highest BCUT2D eigenvalue weighted by Gasteiger charge is 2.23. The van der Waals surface area contributed by atoms with Crippen molar-refractivity contribution in [3.63, 3.8) is 0 Å². The van der Waals surface area contributed by atoms with Crippen LogP contribution in [0.4, 0.5) is 10.1 Å². The molecule has 8 nitrogen and oxygen atoms in total. The van der Waals surface area contributed by atoms with Crippen LogP contribution < -0.4 is 15.2 Å². The third-order valence-electron chi connectivity index (χ3n) is 5.76. The van der Waals surface area contributed by atoms with E-state index in [9.17, 15) is 14.0 Å². The highest BCUT2D eigenvalue weighted by molar-refractivity contribution is 5.76. The number of ether oxygens (including phenoxy) is 1. The van der Waals surface area contributed by atoms with Gasteiger partial charge in [-0.3, -0.25) is 9.59 Å². The summed E-state index contributed by atoms with van der Waals surface area (Å²) in [4.78, 5) is 31.5. The number of methoxy groups -OCH3 is 1. The van der Waals surface area contributed by atoms with Crippen LogP contribution in [0.1, 0.15) is 23.5 Å². The van der Waals surface area contributed by atoms with E-state index in [0.29, 0.717) is 49.9 Å². The number of hydrogen-bond acceptors (Lipinski definition) is 6. The fourth-order valence-corrected chi connectivity index (χ4v) is 3.96. The van der Waals surface area contributed by atoms with Crippen molar-refractivity contribution in [1.29, 1.82) is 0 Å². The van der Waals surface area contributed by atoms with Gasteiger partial charge in [-0.2, -0.15) is 0 Å². The average molecular weight is 452 g/mol. The molecule has 2 heterocycles. The maximum absolute atomic E-state index is 14.0. The number of aromatic nitrogens is 3. The lowest BCUT2D eigenvalue weighted by molar-refractivity contribution is -0.131. The summed E-state index contributed by atoms with van der Waals surface area (Å²) in [6.45, 7) is 2.13. The summed E-state index contributed by atoms with van der Waals surface area (Å²) in [6.07, 6.45) is 0.769. The van der Waals surface area contributed by atoms with Gasteiger partial charge in [-0.1, -0.05) is 30.3 Å². The number of nitrogens with one attached hydrogen (secondary N) is 1. The molecule has 0 bridgehead atoms. The molecule has 2 aromatic carbocycles. The van der Waals surface area contributed by atoms with Gasteiger partial charge in [0.2, 0.25) is 5.91 Å². The van der Waals surface area contributed by atoms with Crippen molar-refractivity contribution in [2.45, 2.75) is 19.3 Å². The van der Waals surface area contributed by atoms with Crippen LogP contribution >= 0.6 is 0 Å². The number of amides is 1. The molecular formula is C24H26FN5O3. The van der Waals surface area contributed by atoms with Gasteiger partial charge in [0.25, 0.3) is 5.56 Å². The molecule has 33 heavy (non-hydrogen) atoms. The fraction of sp³-hybridized carbons (Fsp3) is 0.333. The van der Waals surface area contributed by atoms with Crippen LogP contribution in [-0.2, 0) is 17.6 Å². The number of nitrogens with zero attached hydrogens (tertiary/aromatic N) is 4. The Hall–Kier alpha value is -3.75. The topological polar surface area (TPSA) is 91.4 Å². The van der Waals surface area contributed by atoms with Gasteiger partial charge >= 0.3 is 0 Å². The molecule has 0 unspecified atom stereocenters. The lowest BCUT2D eigenvalue weighted by Crippen LogP contribution is -2.49. The van der Waals surface area contributed by atoms with E-state index in [-0.39, 0.29) is 35.8 Å². The van der Waals surface area contributed by atoms with E-state index in [4.69, 9.17) is 4.74 Å². The van der Waals surface area contributed by atoms with E-state index in [0.717, 1.165) is 5.56 Å². The average Bonchev–Trinajstić information content (AvgIpc) is 2.84. The van der Waals surface area contributed by atoms with Crippen molar-refractivity contribution >= 4 is 11.6 Å². The standard InChI is InChI=1S/C24H26FN5O3/c1-33-21-9-5-2-6-17(21)16-22-26-24(32)19(27-28-22)10-11-23(31)30-14-12-29(13-15-30)20-8-4-3-7-18(20)25/h2-9H,10-16H2,1H3,(H,26,28,32). The van der Waals surface area contributed by atoms with Crippen LogP contribution in [0.3, 0.4) is 0 Å². The molecule has 1 fully saturated rings. The zero-order chi connectivity index (χ0) is 23.2. The molecule has 4 rings (SSSR count). The summed E-state index contributed by atoms with van der Waals surface area (Å²) in [6, 6.07) is 14.2. The molecule has 172 valence electrons. The van der Waals surface area contributed by atoms with E-state index >= 15 is 0 Å². The van der Waals surface area contributed by atoms with Crippen LogP contribution in [0.5, 0.6) is 5.75 Å². The van der Waals surface area contributed by atoms with E-state index in [1.165, 1.54) is 6.07 Å². The minimum atomic E-state index is -0.341. The zero-order valence-electron chi connectivity index (χ0n) is 18.5. The number of aryl methyl sites for hydroxylation is 1. The van der Waals surface area contributed by atoms with E-state index in [1.54, 1.807) is 30.2 Å². The third kappa shape index (κ3) is 5.36. The van der Waals surface area contributed by atoms with Crippen molar-refractivity contribution in [2.24, 2.45) is 0 Å². The molecule has 1 N–H and O–H groups in total. The van der Waals surface area contributed by atoms with E-state index in [2.05, 4.69) is 15.2 Å². The highest BCUT2D eigenvalue weighted by atomic mass is 19.1. The van der Waals surface area contributed by atoms with Gasteiger partial charge in [-0.15, -0.1) is 10.2 Å². The monoisotopic (exact) mass is 451 g/mol. The smallest absolute Gasteiger partial charge is 0.272 e. The Bertz CT molecular complexity index is 1170. The Balaban J connectivity index is 1.31. The first-order valence-electron chi connectivity index (χ1n) is 10.9. The molecule has 0 spiro atoms. The number of carbonyl (C=O) groups is 1. The Kier molecular flexibility index (Phi) is 6.97. The number of rotatable bonds is 7. The van der Waals surface area contributed by atoms with Crippen molar-refractivity contribution in [1.82, 2.24) is 20.1 Å². The molecule has 3 aromatic rings. The molecule has 1 aliphatic rings. The first-order chi connectivity index (χ1) is 16.0. The zero-order valence-corrected chi connectivity index (χ0v) is 18.5. The summed E-state index contributed by atoms with van der Waals surface area (Å²) in [5, 5.41) is 8.18. The Morgan fingerprint density at radius 1 is 1.06 bits per heavy atom. The molecule has 0 saturated carbocycles. The summed E-state index contributed by atoms with van der Waals surface area (Å²) in [5.41, 5.74) is 1.34. The number of piperazine rings is 1. The van der Waals surface area contributed by atoms with Gasteiger partial charge in [0.05, 0.1) is 12.8 Å². The number of anilines is 1. The molecule has 0 radical (unpaired) electrons. The number of halogens is 1. The molecule has 1 saturated heterocycles. The first-order valence-corrected chi connectivity index (χ1v) is 10.9. The lowest BCUT2D eigenvalue weighted by Gasteiger charge is -2.36. The Labute approximate surface area is 191 Å². The van der Waals surface area contributed by atoms with Gasteiger partial charge in [-0.05, 0) is 18.2 Å². The predicted octanol–water partition coefficient (Wildman–Crippen LogP) is 2.18. The van der Waals surface area contributed by atoms with E-state index < -0.39 is 0 Å². The van der Waals surface area contributed by atoms with Gasteiger partial charge in [0, 0.05) is 51.0 Å². The maximum Gasteiger partial charge on any atom is 0.272 e. The Morgan fingerprint density at radius 3 is 2.52 bits per heavy atom. The van der Waals surface area contributed by atoms with Crippen LogP contribution in [0.15, 0.2) is 53.3 Å². The van der Waals surface area contributed by atoms with Gasteiger partial charge in [-0.25, -0.2) is 4.39 Å². The summed E-state index contributed by atoms with van der Waals surface area (Å²) in [7, 11) is 1.59. The Morgan fingerprint density at radius 2 is 1.79 bits per heavy atom. The number of aromatic amines is 1. The van der Waals surface area contributed by atoms with Gasteiger partial charge < -0.3 is 19.5 Å². The summed E-state index contributed by atoms with van der Waals surface area (Å²) >= 11 is 0. The van der Waals surface area contributed by atoms with Crippen molar-refractivity contribution in [3.8, 4) is 5.75 Å². The number of carbonyl (C=O) groups excluding carboxylic acids is 1. The van der Waals surface area contributed by atoms with Crippen LogP contribution in [0, 0.1) is 5.82 Å². The minimum Gasteiger partial charge on any atom is -0.496 e. The van der Waals surface area contributed by atoms with Crippen LogP contribution in [0.2, 0.25) is 0 Å². The second-order valence-electron chi connectivity index (χ2n) is 7.86. The summed E-state index contributed by atoms with van der Waals surface area (Å²) < 4.78 is 19.3. The SMILES string of the molecule is COc1ccccc1Cc1nnc(CCC(=O)N2CCN(c3ccccc3F)CC2)c(=O)[nH]1. The normalized spacial score (nSPS) is 13.8. The van der Waals surface area contributed by atoms with Crippen molar-refractivity contribution in [2.75, 3.05) is 38.2 Å². The molecule has 1 aliphatic heterocycles. The van der Waals surface area contributed by atoms with Crippen molar-refractivity contribution in [3.05, 3.63) is 81.8 Å². The van der Waals surface area contributed by atoms with Crippen molar-refractivity contribution < 1.29 is 13.9 Å². The molecular weight excluding hydrogens is 425 g/mol. The number of benzene rings is 2. The van der Waals surface area contributed by atoms with Gasteiger partial charge in [0.1, 0.15) is 23.1 Å². The maximum atomic E-state index is 14.0. The van der Waals surface area contributed by atoms with Gasteiger partial charge in [0.15, 0.2) is 0 Å². The number of hydrogen-bond donors (Lipinski definition) is 1. The molecule has 0 aliphatic carbocycles. The highest BCUT2D eigenvalue weighted by Crippen LogP contribution is 2.21. The largest absolute Gasteiger partial charge is 0.496 e. The molecule has 0 atom stereocenters. The minimum absolute atomic E-state index is 0.0533. The molecule has 9 heteroatoms. The molecule has 1 amide bonds. The fourth-order valence-electron chi connectivity index (χ4n) is 3.96. The van der Waals surface area contributed by atoms with Crippen LogP contribution in [0.25, 0.3) is 0 Å². The van der Waals surface area contributed by atoms with Crippen LogP contribution in [-0.4, -0.2) is 59.3 Å². The number of H-pyrrole nitrogens is 1. The quantitative estimate of drug-likeness (QED) is 0.592. The summed E-state index contributed by atoms with van der Waals surface area (Å²) in [5.74, 6) is 0.834. The predicted molar refractivity (Wildman–Crippen MR) is 122 cm³/mol. The third-order valence-corrected chi connectivity index (χ3v) is 5.76. The van der Waals surface area contributed by atoms with E-state index in [1.807, 2.05) is 29.2 Å². The first kappa shape index (κ1) is 22.4.